The molecule has 4 nitrogen and oxygen atoms in total. The highest BCUT2D eigenvalue weighted by molar-refractivity contribution is 14.1. The number of halogens is 1. The zero-order valence-electron chi connectivity index (χ0n) is 11.3. The monoisotopic (exact) mass is 373 g/mol. The lowest BCUT2D eigenvalue weighted by molar-refractivity contribution is 0.105. The minimum absolute atomic E-state index is 0.108. The van der Waals surface area contributed by atoms with Gasteiger partial charge in [-0.1, -0.05) is 6.92 Å². The third-order valence-corrected chi connectivity index (χ3v) is 4.68. The van der Waals surface area contributed by atoms with Gasteiger partial charge in [0.05, 0.1) is 9.26 Å². The van der Waals surface area contributed by atoms with Crippen LogP contribution in [0.3, 0.4) is 0 Å². The fraction of sp³-hybridized carbons (Fsp3) is 0.714. The molecule has 1 aliphatic carbocycles. The lowest BCUT2D eigenvalue weighted by Crippen LogP contribution is -2.12. The van der Waals surface area contributed by atoms with Gasteiger partial charge >= 0.3 is 0 Å². The first-order valence-electron chi connectivity index (χ1n) is 7.22. The quantitative estimate of drug-likeness (QED) is 0.801. The van der Waals surface area contributed by atoms with E-state index >= 15 is 0 Å². The number of hydrogen-bond donors (Lipinski definition) is 1. The van der Waals surface area contributed by atoms with Crippen molar-refractivity contribution in [2.75, 3.05) is 18.5 Å². The molecule has 0 spiro atoms. The molecule has 1 aromatic rings. The van der Waals surface area contributed by atoms with Crippen LogP contribution < -0.4 is 5.32 Å². The topological polar surface area (TPSA) is 47.0 Å². The van der Waals surface area contributed by atoms with Crippen LogP contribution in [0.25, 0.3) is 0 Å². The van der Waals surface area contributed by atoms with E-state index in [0.29, 0.717) is 5.92 Å². The van der Waals surface area contributed by atoms with Crippen molar-refractivity contribution in [3.8, 4) is 0 Å². The van der Waals surface area contributed by atoms with Crippen LogP contribution >= 0.6 is 22.6 Å². The van der Waals surface area contributed by atoms with Crippen LogP contribution in [0.15, 0.2) is 0 Å². The van der Waals surface area contributed by atoms with Gasteiger partial charge < -0.3 is 10.1 Å². The fourth-order valence-electron chi connectivity index (χ4n) is 2.40. The molecule has 19 heavy (non-hydrogen) atoms. The molecule has 5 heteroatoms. The standard InChI is InChI=1S/C14H20IN3O/c1-2-7-16-14-11(15)12(9-5-6-9)17-13(18-14)10-4-3-8-19-10/h9-10H,2-8H2,1H3,(H,16,17,18). The maximum atomic E-state index is 5.74. The predicted octanol–water partition coefficient (Wildman–Crippen LogP) is 3.63. The second-order valence-electron chi connectivity index (χ2n) is 5.33. The molecule has 0 bridgehead atoms. The van der Waals surface area contributed by atoms with Gasteiger partial charge in [-0.15, -0.1) is 0 Å². The van der Waals surface area contributed by atoms with Crippen molar-refractivity contribution < 1.29 is 4.74 Å². The number of nitrogens with one attached hydrogen (secondary N) is 1. The highest BCUT2D eigenvalue weighted by Gasteiger charge is 2.31. The Bertz CT molecular complexity index is 456. The molecule has 1 saturated carbocycles. The van der Waals surface area contributed by atoms with Gasteiger partial charge in [-0.25, -0.2) is 9.97 Å². The normalized spacial score (nSPS) is 22.7. The molecular formula is C14H20IN3O. The Labute approximate surface area is 127 Å². The van der Waals surface area contributed by atoms with Gasteiger partial charge in [0.15, 0.2) is 5.82 Å². The average molecular weight is 373 g/mol. The van der Waals surface area contributed by atoms with Gasteiger partial charge in [0.25, 0.3) is 0 Å². The van der Waals surface area contributed by atoms with Crippen LogP contribution in [0.4, 0.5) is 5.82 Å². The van der Waals surface area contributed by atoms with E-state index < -0.39 is 0 Å². The Balaban J connectivity index is 1.92. The zero-order valence-corrected chi connectivity index (χ0v) is 13.4. The molecule has 2 aliphatic rings. The van der Waals surface area contributed by atoms with Crippen LogP contribution in [-0.2, 0) is 4.74 Å². The molecule has 104 valence electrons. The summed E-state index contributed by atoms with van der Waals surface area (Å²) in [4.78, 5) is 9.51. The molecule has 1 aromatic heterocycles. The van der Waals surface area contributed by atoms with Crippen molar-refractivity contribution in [2.24, 2.45) is 0 Å². The summed E-state index contributed by atoms with van der Waals surface area (Å²) < 4.78 is 6.94. The smallest absolute Gasteiger partial charge is 0.159 e. The van der Waals surface area contributed by atoms with Crippen LogP contribution in [0.5, 0.6) is 0 Å². The third-order valence-electron chi connectivity index (χ3n) is 3.62. The summed E-state index contributed by atoms with van der Waals surface area (Å²) in [6, 6.07) is 0. The summed E-state index contributed by atoms with van der Waals surface area (Å²) in [6.45, 7) is 3.97. The van der Waals surface area contributed by atoms with E-state index in [2.05, 4.69) is 34.8 Å². The van der Waals surface area contributed by atoms with E-state index in [0.717, 1.165) is 44.1 Å². The van der Waals surface area contributed by atoms with Crippen LogP contribution in [0.1, 0.15) is 62.6 Å². The number of aromatic nitrogens is 2. The minimum atomic E-state index is 0.108. The molecule has 2 fully saturated rings. The zero-order chi connectivity index (χ0) is 13.2. The van der Waals surface area contributed by atoms with E-state index in [1.54, 1.807) is 0 Å². The molecular weight excluding hydrogens is 353 g/mol. The van der Waals surface area contributed by atoms with E-state index in [1.165, 1.54) is 22.1 Å². The van der Waals surface area contributed by atoms with Crippen LogP contribution in [0, 0.1) is 3.57 Å². The average Bonchev–Trinajstić information content (AvgIpc) is 3.11. The van der Waals surface area contributed by atoms with Gasteiger partial charge in [-0.05, 0) is 54.7 Å². The largest absolute Gasteiger partial charge is 0.370 e. The Hall–Kier alpha value is -0.430. The van der Waals surface area contributed by atoms with Gasteiger partial charge in [-0.3, -0.25) is 0 Å². The molecule has 1 unspecified atom stereocenters. The maximum absolute atomic E-state index is 5.74. The first-order valence-corrected chi connectivity index (χ1v) is 8.30. The van der Waals surface area contributed by atoms with Gasteiger partial charge in [0.1, 0.15) is 11.9 Å². The maximum Gasteiger partial charge on any atom is 0.159 e. The lowest BCUT2D eigenvalue weighted by Gasteiger charge is -2.15. The van der Waals surface area contributed by atoms with Crippen molar-refractivity contribution in [3.63, 3.8) is 0 Å². The van der Waals surface area contributed by atoms with Crippen molar-refractivity contribution in [2.45, 2.75) is 51.0 Å². The summed E-state index contributed by atoms with van der Waals surface area (Å²) >= 11 is 2.39. The molecule has 1 aliphatic heterocycles. The van der Waals surface area contributed by atoms with Gasteiger partial charge in [0, 0.05) is 19.1 Å². The first kappa shape index (κ1) is 13.5. The van der Waals surface area contributed by atoms with E-state index in [1.807, 2.05) is 0 Å². The van der Waals surface area contributed by atoms with E-state index in [-0.39, 0.29) is 6.10 Å². The van der Waals surface area contributed by atoms with E-state index in [4.69, 9.17) is 14.7 Å². The molecule has 3 rings (SSSR count). The molecule has 0 aromatic carbocycles. The SMILES string of the molecule is CCCNc1nc(C2CCCO2)nc(C2CC2)c1I. The Morgan fingerprint density at radius 3 is 2.79 bits per heavy atom. The van der Waals surface area contributed by atoms with Crippen molar-refractivity contribution in [1.29, 1.82) is 0 Å². The summed E-state index contributed by atoms with van der Waals surface area (Å²) in [5.74, 6) is 2.54. The fourth-order valence-corrected chi connectivity index (χ4v) is 3.27. The molecule has 1 atom stereocenters. The van der Waals surface area contributed by atoms with Crippen LogP contribution in [0.2, 0.25) is 0 Å². The third kappa shape index (κ3) is 3.02. The van der Waals surface area contributed by atoms with Crippen molar-refractivity contribution in [3.05, 3.63) is 15.1 Å². The number of nitrogens with zero attached hydrogens (tertiary/aromatic N) is 2. The summed E-state index contributed by atoms with van der Waals surface area (Å²) in [5.41, 5.74) is 1.24. The minimum Gasteiger partial charge on any atom is -0.370 e. The number of anilines is 1. The first-order chi connectivity index (χ1) is 9.29. The summed E-state index contributed by atoms with van der Waals surface area (Å²) in [5, 5.41) is 3.44. The Morgan fingerprint density at radius 2 is 2.16 bits per heavy atom. The number of ether oxygens (including phenoxy) is 1. The van der Waals surface area contributed by atoms with Crippen LogP contribution in [-0.4, -0.2) is 23.1 Å². The van der Waals surface area contributed by atoms with Gasteiger partial charge in [0.2, 0.25) is 0 Å². The highest BCUT2D eigenvalue weighted by atomic mass is 127. The van der Waals surface area contributed by atoms with Gasteiger partial charge in [-0.2, -0.15) is 0 Å². The van der Waals surface area contributed by atoms with E-state index in [9.17, 15) is 0 Å². The number of rotatable bonds is 5. The molecule has 0 radical (unpaired) electrons. The Kier molecular flexibility index (Phi) is 4.21. The van der Waals surface area contributed by atoms with Crippen molar-refractivity contribution >= 4 is 28.4 Å². The molecule has 0 amide bonds. The predicted molar refractivity (Wildman–Crippen MR) is 83.4 cm³/mol. The summed E-state index contributed by atoms with van der Waals surface area (Å²) in [6.07, 6.45) is 5.93. The van der Waals surface area contributed by atoms with Crippen molar-refractivity contribution in [1.82, 2.24) is 9.97 Å². The summed E-state index contributed by atoms with van der Waals surface area (Å²) in [7, 11) is 0. The Morgan fingerprint density at radius 1 is 1.32 bits per heavy atom. The highest BCUT2D eigenvalue weighted by Crippen LogP contribution is 2.43. The second kappa shape index (κ2) is 5.91. The number of hydrogen-bond acceptors (Lipinski definition) is 4. The molecule has 1 N–H and O–H groups in total. The second-order valence-corrected chi connectivity index (χ2v) is 6.41. The lowest BCUT2D eigenvalue weighted by atomic mass is 10.2. The molecule has 2 heterocycles. The molecule has 1 saturated heterocycles.